The van der Waals surface area contributed by atoms with E-state index in [2.05, 4.69) is 0 Å². The first kappa shape index (κ1) is 14.8. The zero-order valence-corrected chi connectivity index (χ0v) is 8.79. The van der Waals surface area contributed by atoms with E-state index in [-0.39, 0.29) is 0 Å². The van der Waals surface area contributed by atoms with Crippen LogP contribution in [0.1, 0.15) is 34.6 Å². The maximum absolute atomic E-state index is 11.8. The highest BCUT2D eigenvalue weighted by Gasteiger charge is 2.29. The molecule has 0 aromatic rings. The predicted octanol–water partition coefficient (Wildman–Crippen LogP) is 4.49. The minimum atomic E-state index is -4.19. The molecule has 0 fully saturated rings. The Bertz CT molecular complexity index is 181. The summed E-state index contributed by atoms with van der Waals surface area (Å²) in [5.74, 6) is 0. The molecule has 0 aliphatic carbocycles. The smallest absolute Gasteiger partial charge is 0.166 e. The highest BCUT2D eigenvalue weighted by atomic mass is 19.4. The summed E-state index contributed by atoms with van der Waals surface area (Å²) >= 11 is 0. The van der Waals surface area contributed by atoms with Gasteiger partial charge in [0.1, 0.15) is 0 Å². The Hall–Kier alpha value is -0.730. The molecule has 0 spiro atoms. The van der Waals surface area contributed by atoms with Crippen LogP contribution >= 0.6 is 0 Å². The highest BCUT2D eigenvalue weighted by molar-refractivity contribution is 5.17. The second-order valence-corrected chi connectivity index (χ2v) is 2.59. The van der Waals surface area contributed by atoms with E-state index in [1.54, 1.807) is 13.8 Å². The van der Waals surface area contributed by atoms with Crippen LogP contribution in [-0.2, 0) is 0 Å². The monoisotopic (exact) mass is 194 g/mol. The van der Waals surface area contributed by atoms with Crippen LogP contribution in [0.5, 0.6) is 0 Å². The summed E-state index contributed by atoms with van der Waals surface area (Å²) in [6, 6.07) is 0. The van der Waals surface area contributed by atoms with E-state index in [0.29, 0.717) is 0 Å². The van der Waals surface area contributed by atoms with Crippen LogP contribution in [0.4, 0.5) is 13.2 Å². The van der Waals surface area contributed by atoms with Crippen LogP contribution in [-0.4, -0.2) is 6.18 Å². The van der Waals surface area contributed by atoms with Gasteiger partial charge in [-0.3, -0.25) is 0 Å². The lowest BCUT2D eigenvalue weighted by molar-refractivity contribution is -0.0912. The van der Waals surface area contributed by atoms with Crippen LogP contribution in [0.2, 0.25) is 0 Å². The number of alkyl halides is 3. The number of halogens is 3. The summed E-state index contributed by atoms with van der Waals surface area (Å²) in [6.45, 7) is 8.56. The van der Waals surface area contributed by atoms with Gasteiger partial charge < -0.3 is 0 Å². The largest absolute Gasteiger partial charge is 0.412 e. The second-order valence-electron chi connectivity index (χ2n) is 2.59. The molecule has 0 rings (SSSR count). The predicted molar refractivity (Wildman–Crippen MR) is 50.6 cm³/mol. The third-order valence-electron chi connectivity index (χ3n) is 1.11. The molecule has 0 aliphatic rings. The molecule has 13 heavy (non-hydrogen) atoms. The summed E-state index contributed by atoms with van der Waals surface area (Å²) in [6.07, 6.45) is -1.66. The summed E-state index contributed by atoms with van der Waals surface area (Å²) in [5, 5.41) is 0. The lowest BCUT2D eigenvalue weighted by atomic mass is 10.2. The molecule has 0 radical (unpaired) electrons. The Kier molecular flexibility index (Phi) is 7.67. The van der Waals surface area contributed by atoms with Gasteiger partial charge in [-0.05, 0) is 20.8 Å². The van der Waals surface area contributed by atoms with E-state index in [1.165, 1.54) is 6.08 Å². The third-order valence-corrected chi connectivity index (χ3v) is 1.11. The number of rotatable bonds is 1. The Morgan fingerprint density at radius 2 is 1.31 bits per heavy atom. The van der Waals surface area contributed by atoms with Crippen LogP contribution in [0.25, 0.3) is 0 Å². The van der Waals surface area contributed by atoms with Crippen LogP contribution in [0, 0.1) is 0 Å². The molecule has 0 nitrogen and oxygen atoms in total. The Morgan fingerprint density at radius 1 is 0.923 bits per heavy atom. The third kappa shape index (κ3) is 9.18. The molecular weight excluding hydrogens is 177 g/mol. The molecule has 0 heterocycles. The van der Waals surface area contributed by atoms with Crippen molar-refractivity contribution in [2.45, 2.75) is 40.8 Å². The van der Waals surface area contributed by atoms with Gasteiger partial charge >= 0.3 is 6.18 Å². The van der Waals surface area contributed by atoms with E-state index >= 15 is 0 Å². The van der Waals surface area contributed by atoms with Crippen molar-refractivity contribution in [2.75, 3.05) is 0 Å². The van der Waals surface area contributed by atoms with Crippen molar-refractivity contribution < 1.29 is 13.2 Å². The molecule has 0 aromatic carbocycles. The van der Waals surface area contributed by atoms with Gasteiger partial charge in [-0.15, -0.1) is 0 Å². The maximum Gasteiger partial charge on any atom is 0.412 e. The highest BCUT2D eigenvalue weighted by Crippen LogP contribution is 2.24. The molecule has 0 amide bonds. The average molecular weight is 194 g/mol. The van der Waals surface area contributed by atoms with Crippen molar-refractivity contribution in [1.82, 2.24) is 0 Å². The standard InChI is InChI=1S/C8H11F3.C2H6/c1-6(2)4-5-7(3)8(9,10)11;1-2/h4-5H,1-3H3;1-2H3/b7-5+;. The van der Waals surface area contributed by atoms with Crippen molar-refractivity contribution in [3.63, 3.8) is 0 Å². The van der Waals surface area contributed by atoms with E-state index in [0.717, 1.165) is 18.6 Å². The molecular formula is C10H17F3. The van der Waals surface area contributed by atoms with Crippen molar-refractivity contribution >= 4 is 0 Å². The first-order chi connectivity index (χ1) is 5.84. The van der Waals surface area contributed by atoms with Crippen molar-refractivity contribution in [1.29, 1.82) is 0 Å². The number of hydrogen-bond donors (Lipinski definition) is 0. The van der Waals surface area contributed by atoms with E-state index in [9.17, 15) is 13.2 Å². The van der Waals surface area contributed by atoms with Crippen molar-refractivity contribution in [2.24, 2.45) is 0 Å². The Labute approximate surface area is 78.1 Å². The van der Waals surface area contributed by atoms with E-state index in [1.807, 2.05) is 13.8 Å². The number of allylic oxidation sites excluding steroid dienone is 4. The van der Waals surface area contributed by atoms with Crippen molar-refractivity contribution in [3.8, 4) is 0 Å². The second kappa shape index (κ2) is 6.75. The molecule has 0 bridgehead atoms. The lowest BCUT2D eigenvalue weighted by Crippen LogP contribution is -2.08. The molecule has 0 aliphatic heterocycles. The molecule has 0 saturated heterocycles. The molecule has 0 unspecified atom stereocenters. The zero-order valence-electron chi connectivity index (χ0n) is 8.79. The summed E-state index contributed by atoms with van der Waals surface area (Å²) in [4.78, 5) is 0. The molecule has 78 valence electrons. The Balaban J connectivity index is 0. The first-order valence-corrected chi connectivity index (χ1v) is 4.23. The molecule has 3 heteroatoms. The minimum Gasteiger partial charge on any atom is -0.166 e. The zero-order chi connectivity index (χ0) is 11.1. The molecule has 0 saturated carbocycles. The summed E-state index contributed by atoms with van der Waals surface area (Å²) in [7, 11) is 0. The van der Waals surface area contributed by atoms with Crippen molar-refractivity contribution in [3.05, 3.63) is 23.3 Å². The summed E-state index contributed by atoms with van der Waals surface area (Å²) in [5.41, 5.74) is 0.285. The SMILES string of the molecule is CC.CC(C)=C/C=C(\C)C(F)(F)F. The fourth-order valence-corrected chi connectivity index (χ4v) is 0.386. The van der Waals surface area contributed by atoms with Crippen LogP contribution in [0.15, 0.2) is 23.3 Å². The minimum absolute atomic E-state index is 0.571. The fraction of sp³-hybridized carbons (Fsp3) is 0.600. The van der Waals surface area contributed by atoms with Crippen LogP contribution in [0.3, 0.4) is 0 Å². The Morgan fingerprint density at radius 3 is 1.54 bits per heavy atom. The topological polar surface area (TPSA) is 0 Å². The summed E-state index contributed by atoms with van der Waals surface area (Å²) < 4.78 is 35.4. The average Bonchev–Trinajstić information content (AvgIpc) is 2.02. The first-order valence-electron chi connectivity index (χ1n) is 4.23. The van der Waals surface area contributed by atoms with Gasteiger partial charge in [0.25, 0.3) is 0 Å². The van der Waals surface area contributed by atoms with Crippen LogP contribution < -0.4 is 0 Å². The van der Waals surface area contributed by atoms with Gasteiger partial charge in [-0.1, -0.05) is 31.6 Å². The van der Waals surface area contributed by atoms with Gasteiger partial charge in [-0.2, -0.15) is 13.2 Å². The maximum atomic E-state index is 11.8. The molecule has 0 aromatic heterocycles. The lowest BCUT2D eigenvalue weighted by Gasteiger charge is -2.04. The van der Waals surface area contributed by atoms with Gasteiger partial charge in [0.05, 0.1) is 0 Å². The van der Waals surface area contributed by atoms with E-state index < -0.39 is 11.7 Å². The fourth-order valence-electron chi connectivity index (χ4n) is 0.386. The quantitative estimate of drug-likeness (QED) is 0.539. The normalized spacial score (nSPS) is 11.5. The van der Waals surface area contributed by atoms with E-state index in [4.69, 9.17) is 0 Å². The molecule has 0 atom stereocenters. The van der Waals surface area contributed by atoms with Gasteiger partial charge in [0.15, 0.2) is 0 Å². The van der Waals surface area contributed by atoms with Gasteiger partial charge in [0, 0.05) is 5.57 Å². The van der Waals surface area contributed by atoms with Gasteiger partial charge in [-0.25, -0.2) is 0 Å². The molecule has 0 N–H and O–H groups in total. The van der Waals surface area contributed by atoms with Gasteiger partial charge in [0.2, 0.25) is 0 Å². The number of hydrogen-bond acceptors (Lipinski definition) is 0.